The lowest BCUT2D eigenvalue weighted by Gasteiger charge is -2.20. The number of nitrogens with two attached hydrogens (primary N) is 1. The number of hydrogen-bond acceptors (Lipinski definition) is 3. The van der Waals surface area contributed by atoms with E-state index in [9.17, 15) is 0 Å². The minimum Gasteiger partial charge on any atom is -0.322 e. The van der Waals surface area contributed by atoms with E-state index in [0.717, 1.165) is 4.88 Å². The van der Waals surface area contributed by atoms with Crippen LogP contribution in [0.3, 0.4) is 0 Å². The van der Waals surface area contributed by atoms with Gasteiger partial charge in [0.05, 0.1) is 18.0 Å². The van der Waals surface area contributed by atoms with Gasteiger partial charge in [-0.3, -0.25) is 0 Å². The van der Waals surface area contributed by atoms with Gasteiger partial charge >= 0.3 is 0 Å². The summed E-state index contributed by atoms with van der Waals surface area (Å²) in [6, 6.07) is 4.21. The molecule has 0 amide bonds. The van der Waals surface area contributed by atoms with Gasteiger partial charge in [0.15, 0.2) is 0 Å². The highest BCUT2D eigenvalue weighted by molar-refractivity contribution is 7.10. The van der Waals surface area contributed by atoms with Crippen molar-refractivity contribution in [2.75, 3.05) is 0 Å². The fourth-order valence-electron chi connectivity index (χ4n) is 1.53. The summed E-state index contributed by atoms with van der Waals surface area (Å²) in [5.74, 6) is 0.212. The Kier molecular flexibility index (Phi) is 3.68. The Hall–Kier alpha value is -0.850. The average Bonchev–Trinajstić information content (AvgIpc) is 2.51. The van der Waals surface area contributed by atoms with Gasteiger partial charge in [-0.1, -0.05) is 13.8 Å². The van der Waals surface area contributed by atoms with Crippen LogP contribution in [-0.4, -0.2) is 0 Å². The summed E-state index contributed by atoms with van der Waals surface area (Å²) in [7, 11) is 0. The molecule has 0 fully saturated rings. The number of rotatable bonds is 3. The van der Waals surface area contributed by atoms with Crippen LogP contribution >= 0.6 is 11.3 Å². The molecule has 2 atom stereocenters. The van der Waals surface area contributed by atoms with Gasteiger partial charge in [0.1, 0.15) is 0 Å². The maximum atomic E-state index is 9.03. The van der Waals surface area contributed by atoms with Gasteiger partial charge < -0.3 is 5.73 Å². The largest absolute Gasteiger partial charge is 0.322 e. The molecule has 0 aliphatic carbocycles. The third-order valence-electron chi connectivity index (χ3n) is 2.46. The molecule has 0 saturated carbocycles. The molecule has 2 unspecified atom stereocenters. The number of nitriles is 1. The average molecular weight is 208 g/mol. The van der Waals surface area contributed by atoms with Crippen molar-refractivity contribution >= 4 is 11.3 Å². The van der Waals surface area contributed by atoms with E-state index < -0.39 is 0 Å². The first kappa shape index (κ1) is 11.2. The van der Waals surface area contributed by atoms with Gasteiger partial charge in [-0.2, -0.15) is 5.26 Å². The smallest absolute Gasteiger partial charge is 0.0687 e. The summed E-state index contributed by atoms with van der Waals surface area (Å²) in [6.07, 6.45) is 0. The number of nitrogens with zero attached hydrogens (tertiary/aromatic N) is 1. The van der Waals surface area contributed by atoms with Crippen molar-refractivity contribution in [1.29, 1.82) is 5.26 Å². The molecule has 0 bridgehead atoms. The second kappa shape index (κ2) is 4.59. The Morgan fingerprint density at radius 2 is 2.14 bits per heavy atom. The lowest BCUT2D eigenvalue weighted by atomic mass is 9.88. The molecule has 1 aromatic heterocycles. The van der Waals surface area contributed by atoms with E-state index in [-0.39, 0.29) is 12.0 Å². The van der Waals surface area contributed by atoms with Crippen LogP contribution in [0.4, 0.5) is 0 Å². The molecular formula is C11H16N2S. The highest BCUT2D eigenvalue weighted by Crippen LogP contribution is 2.30. The predicted octanol–water partition coefficient (Wildman–Crippen LogP) is 2.85. The van der Waals surface area contributed by atoms with Gasteiger partial charge in [0.25, 0.3) is 0 Å². The SMILES string of the molecule is Cc1ccsc1C(N)C(C#N)C(C)C. The van der Waals surface area contributed by atoms with Crippen LogP contribution in [0.2, 0.25) is 0 Å². The van der Waals surface area contributed by atoms with E-state index in [0.29, 0.717) is 5.92 Å². The monoisotopic (exact) mass is 208 g/mol. The summed E-state index contributed by atoms with van der Waals surface area (Å²) in [4.78, 5) is 1.14. The zero-order valence-electron chi connectivity index (χ0n) is 8.82. The first-order chi connectivity index (χ1) is 6.57. The molecule has 14 heavy (non-hydrogen) atoms. The van der Waals surface area contributed by atoms with Gasteiger partial charge in [-0.05, 0) is 29.9 Å². The summed E-state index contributed by atoms with van der Waals surface area (Å²) < 4.78 is 0. The normalized spacial score (nSPS) is 15.1. The van der Waals surface area contributed by atoms with Crippen molar-refractivity contribution < 1.29 is 0 Å². The lowest BCUT2D eigenvalue weighted by Crippen LogP contribution is -2.24. The molecule has 0 aliphatic heterocycles. The highest BCUT2D eigenvalue weighted by atomic mass is 32.1. The molecule has 0 spiro atoms. The zero-order valence-corrected chi connectivity index (χ0v) is 9.64. The molecule has 1 aromatic rings. The molecule has 1 rings (SSSR count). The van der Waals surface area contributed by atoms with Crippen LogP contribution in [0.5, 0.6) is 0 Å². The quantitative estimate of drug-likeness (QED) is 0.830. The Balaban J connectivity index is 2.90. The third-order valence-corrected chi connectivity index (χ3v) is 3.58. The van der Waals surface area contributed by atoms with Crippen LogP contribution in [0.15, 0.2) is 11.4 Å². The first-order valence-corrected chi connectivity index (χ1v) is 5.65. The van der Waals surface area contributed by atoms with Crippen molar-refractivity contribution in [2.24, 2.45) is 17.6 Å². The van der Waals surface area contributed by atoms with Crippen molar-refractivity contribution in [2.45, 2.75) is 26.8 Å². The van der Waals surface area contributed by atoms with Crippen LogP contribution in [0.25, 0.3) is 0 Å². The molecule has 1 heterocycles. The molecular weight excluding hydrogens is 192 g/mol. The van der Waals surface area contributed by atoms with Gasteiger partial charge in [0, 0.05) is 4.88 Å². The highest BCUT2D eigenvalue weighted by Gasteiger charge is 2.24. The summed E-state index contributed by atoms with van der Waals surface area (Å²) >= 11 is 1.64. The summed E-state index contributed by atoms with van der Waals surface area (Å²) in [5, 5.41) is 11.1. The molecule has 0 aliphatic rings. The second-order valence-electron chi connectivity index (χ2n) is 3.89. The van der Waals surface area contributed by atoms with Gasteiger partial charge in [-0.25, -0.2) is 0 Å². The molecule has 0 radical (unpaired) electrons. The number of aryl methyl sites for hydroxylation is 1. The third kappa shape index (κ3) is 2.14. The molecule has 3 heteroatoms. The van der Waals surface area contributed by atoms with E-state index in [1.54, 1.807) is 11.3 Å². The molecule has 2 N–H and O–H groups in total. The standard InChI is InChI=1S/C11H16N2S/c1-7(2)9(6-12)10(13)11-8(3)4-5-14-11/h4-5,7,9-10H,13H2,1-3H3. The van der Waals surface area contributed by atoms with E-state index >= 15 is 0 Å². The topological polar surface area (TPSA) is 49.8 Å². The van der Waals surface area contributed by atoms with Crippen molar-refractivity contribution in [3.63, 3.8) is 0 Å². The van der Waals surface area contributed by atoms with Crippen LogP contribution in [-0.2, 0) is 0 Å². The Morgan fingerprint density at radius 1 is 1.50 bits per heavy atom. The maximum Gasteiger partial charge on any atom is 0.0687 e. The van der Waals surface area contributed by atoms with Gasteiger partial charge in [-0.15, -0.1) is 11.3 Å². The minimum absolute atomic E-state index is 0.0904. The van der Waals surface area contributed by atoms with Crippen LogP contribution < -0.4 is 5.73 Å². The van der Waals surface area contributed by atoms with Crippen LogP contribution in [0.1, 0.15) is 30.3 Å². The Labute approximate surface area is 89.4 Å². The maximum absolute atomic E-state index is 9.03. The minimum atomic E-state index is -0.139. The Morgan fingerprint density at radius 3 is 2.50 bits per heavy atom. The van der Waals surface area contributed by atoms with Gasteiger partial charge in [0.2, 0.25) is 0 Å². The van der Waals surface area contributed by atoms with E-state index in [4.69, 9.17) is 11.0 Å². The van der Waals surface area contributed by atoms with Crippen molar-refractivity contribution in [1.82, 2.24) is 0 Å². The van der Waals surface area contributed by atoms with Crippen LogP contribution in [0, 0.1) is 30.1 Å². The zero-order chi connectivity index (χ0) is 10.7. The fraction of sp³-hybridized carbons (Fsp3) is 0.545. The molecule has 76 valence electrons. The second-order valence-corrected chi connectivity index (χ2v) is 4.84. The Bertz CT molecular complexity index is 335. The predicted molar refractivity (Wildman–Crippen MR) is 59.9 cm³/mol. The molecule has 0 saturated heterocycles. The van der Waals surface area contributed by atoms with Crippen molar-refractivity contribution in [3.8, 4) is 6.07 Å². The summed E-state index contributed by atoms with van der Waals surface area (Å²) in [6.45, 7) is 6.12. The summed E-state index contributed by atoms with van der Waals surface area (Å²) in [5.41, 5.74) is 7.28. The van der Waals surface area contributed by atoms with E-state index in [1.807, 2.05) is 26.2 Å². The number of hydrogen-bond donors (Lipinski definition) is 1. The van der Waals surface area contributed by atoms with E-state index in [1.165, 1.54) is 5.56 Å². The lowest BCUT2D eigenvalue weighted by molar-refractivity contribution is 0.407. The van der Waals surface area contributed by atoms with E-state index in [2.05, 4.69) is 12.1 Å². The first-order valence-electron chi connectivity index (χ1n) is 4.77. The van der Waals surface area contributed by atoms with Crippen molar-refractivity contribution in [3.05, 3.63) is 21.9 Å². The molecule has 2 nitrogen and oxygen atoms in total. The molecule has 0 aromatic carbocycles. The fourth-order valence-corrected chi connectivity index (χ4v) is 2.51. The number of thiophene rings is 1.